The monoisotopic (exact) mass is 446 g/mol. The molecule has 0 bridgehead atoms. The summed E-state index contributed by atoms with van der Waals surface area (Å²) in [5.74, 6) is -0.957. The van der Waals surface area contributed by atoms with Gasteiger partial charge in [-0.1, -0.05) is 30.3 Å². The third-order valence-electron chi connectivity index (χ3n) is 4.54. The lowest BCUT2D eigenvalue weighted by Crippen LogP contribution is -2.36. The number of aryl methyl sites for hydroxylation is 1. The summed E-state index contributed by atoms with van der Waals surface area (Å²) in [5.41, 5.74) is 1.47. The normalized spacial score (nSPS) is 11.2. The highest BCUT2D eigenvalue weighted by atomic mass is 19.4. The van der Waals surface area contributed by atoms with E-state index in [2.05, 4.69) is 5.32 Å². The number of alkyl halides is 3. The number of carbonyl (C=O) groups excluding carboxylic acids is 2. The predicted molar refractivity (Wildman–Crippen MR) is 114 cm³/mol. The smallest absolute Gasteiger partial charge is 0.405 e. The zero-order valence-electron chi connectivity index (χ0n) is 17.4. The van der Waals surface area contributed by atoms with Gasteiger partial charge in [0, 0.05) is 0 Å². The minimum Gasteiger partial charge on any atom is -0.495 e. The maximum atomic E-state index is 13.1. The summed E-state index contributed by atoms with van der Waals surface area (Å²) >= 11 is 0. The zero-order valence-corrected chi connectivity index (χ0v) is 17.4. The van der Waals surface area contributed by atoms with Gasteiger partial charge in [-0.05, 0) is 47.5 Å². The van der Waals surface area contributed by atoms with Crippen LogP contribution in [-0.2, 0) is 4.79 Å². The molecular weight excluding hydrogens is 425 g/mol. The lowest BCUT2D eigenvalue weighted by atomic mass is 10.0. The number of methoxy groups -OCH3 is 1. The van der Waals surface area contributed by atoms with E-state index in [0.717, 1.165) is 16.3 Å². The van der Waals surface area contributed by atoms with Crippen LogP contribution in [0.5, 0.6) is 11.5 Å². The largest absolute Gasteiger partial charge is 0.495 e. The average Bonchev–Trinajstić information content (AvgIpc) is 2.75. The van der Waals surface area contributed by atoms with Crippen molar-refractivity contribution in [3.05, 3.63) is 65.7 Å². The first-order chi connectivity index (χ1) is 15.2. The predicted octanol–water partition coefficient (Wildman–Crippen LogP) is 4.47. The molecule has 0 spiro atoms. The topological polar surface area (TPSA) is 76.7 Å². The van der Waals surface area contributed by atoms with E-state index >= 15 is 0 Å². The number of hydrogen-bond acceptors (Lipinski definition) is 4. The van der Waals surface area contributed by atoms with Crippen molar-refractivity contribution >= 4 is 28.3 Å². The standard InChI is InChI=1S/C23H21F3N2O4/c1-14-7-8-19(31-2)18(9-14)28-22(30)17-10-15-5-3-4-6-16(15)11-20(17)32-12-21(29)27-13-23(24,25)26/h3-11H,12-13H2,1-2H3,(H,27,29)(H,28,30). The third-order valence-corrected chi connectivity index (χ3v) is 4.54. The second-order valence-electron chi connectivity index (χ2n) is 7.03. The van der Waals surface area contributed by atoms with Crippen molar-refractivity contribution in [1.82, 2.24) is 5.32 Å². The SMILES string of the molecule is COc1ccc(C)cc1NC(=O)c1cc2ccccc2cc1OCC(=O)NCC(F)(F)F. The summed E-state index contributed by atoms with van der Waals surface area (Å²) in [6.07, 6.45) is -4.53. The minimum absolute atomic E-state index is 0.0648. The van der Waals surface area contributed by atoms with Gasteiger partial charge in [-0.2, -0.15) is 13.2 Å². The molecular formula is C23H21F3N2O4. The summed E-state index contributed by atoms with van der Waals surface area (Å²) in [6.45, 7) is -0.283. The van der Waals surface area contributed by atoms with Gasteiger partial charge >= 0.3 is 6.18 Å². The Bertz CT molecular complexity index is 1150. The number of rotatable bonds is 7. The molecule has 0 saturated carbocycles. The van der Waals surface area contributed by atoms with Crippen molar-refractivity contribution in [2.75, 3.05) is 25.6 Å². The second kappa shape index (κ2) is 9.59. The first-order valence-corrected chi connectivity index (χ1v) is 9.61. The Morgan fingerprint density at radius 2 is 1.66 bits per heavy atom. The van der Waals surface area contributed by atoms with E-state index < -0.39 is 31.1 Å². The van der Waals surface area contributed by atoms with Crippen LogP contribution in [0.15, 0.2) is 54.6 Å². The summed E-state index contributed by atoms with van der Waals surface area (Å²) in [4.78, 5) is 24.8. The van der Waals surface area contributed by atoms with Gasteiger partial charge in [0.25, 0.3) is 11.8 Å². The van der Waals surface area contributed by atoms with Crippen LogP contribution in [0.2, 0.25) is 0 Å². The number of fused-ring (bicyclic) bond motifs is 1. The average molecular weight is 446 g/mol. The fourth-order valence-corrected chi connectivity index (χ4v) is 3.02. The van der Waals surface area contributed by atoms with Crippen molar-refractivity contribution in [1.29, 1.82) is 0 Å². The maximum absolute atomic E-state index is 13.1. The first-order valence-electron chi connectivity index (χ1n) is 9.61. The molecule has 32 heavy (non-hydrogen) atoms. The zero-order chi connectivity index (χ0) is 23.3. The third kappa shape index (κ3) is 5.90. The fourth-order valence-electron chi connectivity index (χ4n) is 3.02. The quantitative estimate of drug-likeness (QED) is 0.562. The molecule has 0 fully saturated rings. The number of amides is 2. The molecule has 0 aromatic heterocycles. The fraction of sp³-hybridized carbons (Fsp3) is 0.217. The van der Waals surface area contributed by atoms with Gasteiger partial charge in [0.2, 0.25) is 0 Å². The molecule has 2 amide bonds. The summed E-state index contributed by atoms with van der Waals surface area (Å²) in [5, 5.41) is 5.99. The molecule has 0 aliphatic rings. The molecule has 168 valence electrons. The molecule has 0 aliphatic heterocycles. The van der Waals surface area contributed by atoms with Crippen LogP contribution in [-0.4, -0.2) is 38.3 Å². The molecule has 0 atom stereocenters. The van der Waals surface area contributed by atoms with E-state index in [4.69, 9.17) is 9.47 Å². The number of nitrogens with one attached hydrogen (secondary N) is 2. The Morgan fingerprint density at radius 1 is 0.969 bits per heavy atom. The van der Waals surface area contributed by atoms with Crippen LogP contribution in [0.1, 0.15) is 15.9 Å². The van der Waals surface area contributed by atoms with E-state index in [9.17, 15) is 22.8 Å². The van der Waals surface area contributed by atoms with Crippen molar-refractivity contribution in [2.24, 2.45) is 0 Å². The Morgan fingerprint density at radius 3 is 2.31 bits per heavy atom. The highest BCUT2D eigenvalue weighted by Crippen LogP contribution is 2.30. The molecule has 0 heterocycles. The lowest BCUT2D eigenvalue weighted by molar-refractivity contribution is -0.139. The minimum atomic E-state index is -4.53. The van der Waals surface area contributed by atoms with Gasteiger partial charge in [0.05, 0.1) is 18.4 Å². The number of carbonyl (C=O) groups is 2. The number of ether oxygens (including phenoxy) is 2. The van der Waals surface area contributed by atoms with Gasteiger partial charge in [-0.3, -0.25) is 9.59 Å². The lowest BCUT2D eigenvalue weighted by Gasteiger charge is -2.15. The molecule has 9 heteroatoms. The molecule has 0 unspecified atom stereocenters. The van der Waals surface area contributed by atoms with Crippen LogP contribution in [0.25, 0.3) is 10.8 Å². The van der Waals surface area contributed by atoms with Gasteiger partial charge < -0.3 is 20.1 Å². The van der Waals surface area contributed by atoms with Crippen molar-refractivity contribution in [2.45, 2.75) is 13.1 Å². The highest BCUT2D eigenvalue weighted by molar-refractivity contribution is 6.09. The molecule has 2 N–H and O–H groups in total. The highest BCUT2D eigenvalue weighted by Gasteiger charge is 2.27. The molecule has 0 radical (unpaired) electrons. The molecule has 3 aromatic carbocycles. The molecule has 3 rings (SSSR count). The van der Waals surface area contributed by atoms with Crippen LogP contribution >= 0.6 is 0 Å². The molecule has 6 nitrogen and oxygen atoms in total. The van der Waals surface area contributed by atoms with Crippen molar-refractivity contribution < 1.29 is 32.2 Å². The van der Waals surface area contributed by atoms with Crippen LogP contribution in [0.3, 0.4) is 0 Å². The number of anilines is 1. The van der Waals surface area contributed by atoms with E-state index in [-0.39, 0.29) is 11.3 Å². The van der Waals surface area contributed by atoms with Gasteiger partial charge in [0.1, 0.15) is 18.0 Å². The summed E-state index contributed by atoms with van der Waals surface area (Å²) in [7, 11) is 1.48. The Balaban J connectivity index is 1.87. The van der Waals surface area contributed by atoms with Crippen molar-refractivity contribution in [3.63, 3.8) is 0 Å². The van der Waals surface area contributed by atoms with E-state index in [1.54, 1.807) is 53.8 Å². The number of benzene rings is 3. The number of hydrogen-bond donors (Lipinski definition) is 2. The van der Waals surface area contributed by atoms with E-state index in [1.807, 2.05) is 13.0 Å². The second-order valence-corrected chi connectivity index (χ2v) is 7.03. The Kier molecular flexibility index (Phi) is 6.87. The summed E-state index contributed by atoms with van der Waals surface area (Å²) < 4.78 is 47.6. The van der Waals surface area contributed by atoms with Gasteiger partial charge in [0.15, 0.2) is 6.61 Å². The molecule has 0 aliphatic carbocycles. The van der Waals surface area contributed by atoms with Crippen LogP contribution in [0.4, 0.5) is 18.9 Å². The maximum Gasteiger partial charge on any atom is 0.405 e. The molecule has 0 saturated heterocycles. The number of halogens is 3. The van der Waals surface area contributed by atoms with Crippen LogP contribution < -0.4 is 20.1 Å². The van der Waals surface area contributed by atoms with E-state index in [0.29, 0.717) is 11.4 Å². The van der Waals surface area contributed by atoms with Crippen molar-refractivity contribution in [3.8, 4) is 11.5 Å². The first kappa shape index (κ1) is 22.9. The Labute approximate surface area is 182 Å². The van der Waals surface area contributed by atoms with Gasteiger partial charge in [-0.15, -0.1) is 0 Å². The Hall–Kier alpha value is -3.75. The molecule has 3 aromatic rings. The van der Waals surface area contributed by atoms with Gasteiger partial charge in [-0.25, -0.2) is 0 Å². The van der Waals surface area contributed by atoms with E-state index in [1.165, 1.54) is 7.11 Å². The van der Waals surface area contributed by atoms with Crippen LogP contribution in [0, 0.1) is 6.92 Å². The summed E-state index contributed by atoms with van der Waals surface area (Å²) in [6, 6.07) is 15.6.